The van der Waals surface area contributed by atoms with Crippen LogP contribution in [-0.4, -0.2) is 27.3 Å². The third kappa shape index (κ3) is 1.76. The summed E-state index contributed by atoms with van der Waals surface area (Å²) in [6.07, 6.45) is 5.86. The van der Waals surface area contributed by atoms with Crippen LogP contribution < -0.4 is 0 Å². The van der Waals surface area contributed by atoms with Crippen molar-refractivity contribution < 1.29 is 4.79 Å². The molecule has 0 atom stereocenters. The number of amides is 1. The third-order valence-electron chi connectivity index (χ3n) is 3.29. The molecule has 1 aliphatic carbocycles. The van der Waals surface area contributed by atoms with Crippen LogP contribution in [0.5, 0.6) is 0 Å². The number of hydrogen-bond donors (Lipinski definition) is 1. The van der Waals surface area contributed by atoms with Gasteiger partial charge in [-0.2, -0.15) is 0 Å². The molecule has 0 aromatic carbocycles. The topological polar surface area (TPSA) is 49.0 Å². The molecule has 0 spiro atoms. The largest absolute Gasteiger partial charge is 0.347 e. The minimum Gasteiger partial charge on any atom is -0.347 e. The van der Waals surface area contributed by atoms with Crippen LogP contribution >= 0.6 is 0 Å². The average Bonchev–Trinajstić information content (AvgIpc) is 2.94. The number of imidazole rings is 1. The van der Waals surface area contributed by atoms with Gasteiger partial charge in [-0.3, -0.25) is 4.79 Å². The summed E-state index contributed by atoms with van der Waals surface area (Å²) < 4.78 is 0. The number of carbonyl (C=O) groups is 1. The van der Waals surface area contributed by atoms with E-state index in [9.17, 15) is 4.79 Å². The Labute approximate surface area is 88.7 Å². The molecule has 0 unspecified atom stereocenters. The molecule has 80 valence electrons. The van der Waals surface area contributed by atoms with Crippen molar-refractivity contribution in [2.45, 2.75) is 32.2 Å². The van der Waals surface area contributed by atoms with Gasteiger partial charge in [0.25, 0.3) is 0 Å². The molecule has 1 aliphatic heterocycles. The average molecular weight is 205 g/mol. The van der Waals surface area contributed by atoms with Crippen molar-refractivity contribution in [3.63, 3.8) is 0 Å². The first-order valence-corrected chi connectivity index (χ1v) is 5.62. The van der Waals surface area contributed by atoms with E-state index in [0.717, 1.165) is 37.3 Å². The monoisotopic (exact) mass is 205 g/mol. The maximum Gasteiger partial charge on any atom is 0.223 e. The lowest BCUT2D eigenvalue weighted by molar-refractivity contribution is -0.132. The summed E-state index contributed by atoms with van der Waals surface area (Å²) in [4.78, 5) is 21.2. The summed E-state index contributed by atoms with van der Waals surface area (Å²) in [5, 5.41) is 0. The van der Waals surface area contributed by atoms with Crippen LogP contribution in [0.2, 0.25) is 0 Å². The molecule has 2 heterocycles. The van der Waals surface area contributed by atoms with Gasteiger partial charge in [-0.1, -0.05) is 0 Å². The molecule has 0 bridgehead atoms. The first-order chi connectivity index (χ1) is 7.33. The highest BCUT2D eigenvalue weighted by atomic mass is 16.2. The lowest BCUT2D eigenvalue weighted by Crippen LogP contribution is -2.36. The molecule has 0 radical (unpaired) electrons. The number of aromatic amines is 1. The lowest BCUT2D eigenvalue weighted by atomic mass is 10.1. The minimum absolute atomic E-state index is 0.317. The van der Waals surface area contributed by atoms with Crippen LogP contribution in [0.3, 0.4) is 0 Å². The number of aromatic nitrogens is 2. The smallest absolute Gasteiger partial charge is 0.223 e. The van der Waals surface area contributed by atoms with Gasteiger partial charge in [0, 0.05) is 19.4 Å². The highest BCUT2D eigenvalue weighted by Gasteiger charge is 2.28. The van der Waals surface area contributed by atoms with Crippen molar-refractivity contribution in [1.82, 2.24) is 14.9 Å². The fraction of sp³-hybridized carbons (Fsp3) is 0.636. The van der Waals surface area contributed by atoms with Crippen molar-refractivity contribution in [1.29, 1.82) is 0 Å². The zero-order valence-corrected chi connectivity index (χ0v) is 8.70. The first kappa shape index (κ1) is 8.95. The first-order valence-electron chi connectivity index (χ1n) is 5.62. The highest BCUT2D eigenvalue weighted by Crippen LogP contribution is 2.33. The predicted molar refractivity (Wildman–Crippen MR) is 55.0 cm³/mol. The number of nitrogens with zero attached hydrogens (tertiary/aromatic N) is 2. The molecule has 1 fully saturated rings. The second-order valence-electron chi connectivity index (χ2n) is 4.54. The standard InChI is InChI=1S/C11H15N3O/c15-11(5-8-1-2-8)14-4-3-9-10(6-14)13-7-12-9/h7-8H,1-6H2,(H,12,13). The molecule has 1 amide bonds. The van der Waals surface area contributed by atoms with Gasteiger partial charge in [-0.05, 0) is 18.8 Å². The van der Waals surface area contributed by atoms with E-state index in [-0.39, 0.29) is 0 Å². The van der Waals surface area contributed by atoms with E-state index in [1.165, 1.54) is 12.8 Å². The molecule has 4 nitrogen and oxygen atoms in total. The Morgan fingerprint density at radius 3 is 3.27 bits per heavy atom. The van der Waals surface area contributed by atoms with Crippen LogP contribution in [-0.2, 0) is 17.8 Å². The molecule has 3 rings (SSSR count). The zero-order chi connectivity index (χ0) is 10.3. The van der Waals surface area contributed by atoms with Gasteiger partial charge >= 0.3 is 0 Å². The Morgan fingerprint density at radius 1 is 1.60 bits per heavy atom. The van der Waals surface area contributed by atoms with E-state index < -0.39 is 0 Å². The molecule has 4 heteroatoms. The van der Waals surface area contributed by atoms with E-state index in [4.69, 9.17) is 0 Å². The Kier molecular flexibility index (Phi) is 2.01. The zero-order valence-electron chi connectivity index (χ0n) is 8.70. The van der Waals surface area contributed by atoms with Gasteiger partial charge in [0.15, 0.2) is 0 Å². The van der Waals surface area contributed by atoms with Crippen LogP contribution in [0.4, 0.5) is 0 Å². The molecule has 1 aromatic rings. The second-order valence-corrected chi connectivity index (χ2v) is 4.54. The van der Waals surface area contributed by atoms with E-state index >= 15 is 0 Å². The lowest BCUT2D eigenvalue weighted by Gasteiger charge is -2.26. The molecular weight excluding hydrogens is 190 g/mol. The van der Waals surface area contributed by atoms with Gasteiger partial charge in [0.05, 0.1) is 24.3 Å². The van der Waals surface area contributed by atoms with Crippen LogP contribution in [0.15, 0.2) is 6.33 Å². The highest BCUT2D eigenvalue weighted by molar-refractivity contribution is 5.77. The number of hydrogen-bond acceptors (Lipinski definition) is 2. The maximum absolute atomic E-state index is 11.9. The van der Waals surface area contributed by atoms with Gasteiger partial charge < -0.3 is 9.88 Å². The van der Waals surface area contributed by atoms with Crippen molar-refractivity contribution >= 4 is 5.91 Å². The number of rotatable bonds is 2. The van der Waals surface area contributed by atoms with Crippen molar-refractivity contribution in [2.24, 2.45) is 5.92 Å². The Balaban J connectivity index is 1.66. The molecule has 15 heavy (non-hydrogen) atoms. The van der Waals surface area contributed by atoms with E-state index in [0.29, 0.717) is 11.8 Å². The van der Waals surface area contributed by atoms with Crippen LogP contribution in [0, 0.1) is 5.92 Å². The second kappa shape index (κ2) is 3.36. The van der Waals surface area contributed by atoms with Crippen LogP contribution in [0.1, 0.15) is 30.7 Å². The minimum atomic E-state index is 0.317. The molecule has 1 N–H and O–H groups in total. The summed E-state index contributed by atoms with van der Waals surface area (Å²) >= 11 is 0. The van der Waals surface area contributed by atoms with Gasteiger partial charge in [-0.15, -0.1) is 0 Å². The number of carbonyl (C=O) groups excluding carboxylic acids is 1. The van der Waals surface area contributed by atoms with Gasteiger partial charge in [0.1, 0.15) is 0 Å². The summed E-state index contributed by atoms with van der Waals surface area (Å²) in [5.41, 5.74) is 2.25. The van der Waals surface area contributed by atoms with Gasteiger partial charge in [0.2, 0.25) is 5.91 Å². The number of nitrogens with one attached hydrogen (secondary N) is 1. The Hall–Kier alpha value is -1.32. The summed E-state index contributed by atoms with van der Waals surface area (Å²) in [6, 6.07) is 0. The fourth-order valence-corrected chi connectivity index (χ4v) is 2.12. The van der Waals surface area contributed by atoms with Crippen molar-refractivity contribution in [2.75, 3.05) is 6.54 Å². The van der Waals surface area contributed by atoms with E-state index in [1.54, 1.807) is 6.33 Å². The summed E-state index contributed by atoms with van der Waals surface area (Å²) in [5.74, 6) is 0.999. The number of fused-ring (bicyclic) bond motifs is 1. The SMILES string of the molecule is O=C(CC1CC1)N1CCc2nc[nH]c2C1. The maximum atomic E-state index is 11.9. The van der Waals surface area contributed by atoms with Gasteiger partial charge in [-0.25, -0.2) is 4.98 Å². The molecule has 1 saturated carbocycles. The Morgan fingerprint density at radius 2 is 2.47 bits per heavy atom. The Bertz CT molecular complexity index is 381. The molecule has 0 saturated heterocycles. The van der Waals surface area contributed by atoms with Crippen molar-refractivity contribution in [3.05, 3.63) is 17.7 Å². The van der Waals surface area contributed by atoms with E-state index in [2.05, 4.69) is 9.97 Å². The third-order valence-corrected chi connectivity index (χ3v) is 3.29. The summed E-state index contributed by atoms with van der Waals surface area (Å²) in [6.45, 7) is 1.56. The normalized spacial score (nSPS) is 20.1. The number of H-pyrrole nitrogens is 1. The molecular formula is C11H15N3O. The fourth-order valence-electron chi connectivity index (χ4n) is 2.12. The summed E-state index contributed by atoms with van der Waals surface area (Å²) in [7, 11) is 0. The van der Waals surface area contributed by atoms with E-state index in [1.807, 2.05) is 4.90 Å². The molecule has 1 aromatic heterocycles. The quantitative estimate of drug-likeness (QED) is 0.785. The van der Waals surface area contributed by atoms with Crippen LogP contribution in [0.25, 0.3) is 0 Å². The molecule has 2 aliphatic rings. The predicted octanol–water partition coefficient (Wildman–Crippen LogP) is 1.09. The van der Waals surface area contributed by atoms with Crippen molar-refractivity contribution in [3.8, 4) is 0 Å².